The first kappa shape index (κ1) is 21.4. The smallest absolute Gasteiger partial charge is 0.344 e. The largest absolute Gasteiger partial charge is 0.482 e. The second-order valence-corrected chi connectivity index (χ2v) is 5.83. The van der Waals surface area contributed by atoms with Gasteiger partial charge in [-0.05, 0) is 24.6 Å². The molecule has 0 aliphatic rings. The van der Waals surface area contributed by atoms with E-state index in [1.165, 1.54) is 31.2 Å². The van der Waals surface area contributed by atoms with Gasteiger partial charge in [-0.15, -0.1) is 0 Å². The van der Waals surface area contributed by atoms with E-state index in [9.17, 15) is 24.5 Å². The average molecular weight is 401 g/mol. The maximum absolute atomic E-state index is 11.9. The Morgan fingerprint density at radius 3 is 2.34 bits per heavy atom. The van der Waals surface area contributed by atoms with Gasteiger partial charge < -0.3 is 14.8 Å². The number of benzene rings is 2. The molecule has 0 fully saturated rings. The van der Waals surface area contributed by atoms with Crippen LogP contribution >= 0.6 is 0 Å². The van der Waals surface area contributed by atoms with Crippen LogP contribution in [-0.2, 0) is 20.9 Å². The van der Waals surface area contributed by atoms with Crippen LogP contribution < -0.4 is 15.4 Å². The summed E-state index contributed by atoms with van der Waals surface area (Å²) in [5, 5.41) is 15.2. The first-order valence-electron chi connectivity index (χ1n) is 8.54. The summed E-state index contributed by atoms with van der Waals surface area (Å²) < 4.78 is 10.0. The van der Waals surface area contributed by atoms with Gasteiger partial charge in [-0.3, -0.25) is 20.2 Å². The molecule has 0 aliphatic carbocycles. The summed E-state index contributed by atoms with van der Waals surface area (Å²) in [5.41, 5.74) is 0.744. The molecular weight excluding hydrogens is 382 g/mol. The highest BCUT2D eigenvalue weighted by molar-refractivity contribution is 5.97. The third-order valence-electron chi connectivity index (χ3n) is 3.61. The Morgan fingerprint density at radius 2 is 1.72 bits per heavy atom. The number of nitrogens with one attached hydrogen (secondary N) is 2. The maximum atomic E-state index is 11.9. The van der Waals surface area contributed by atoms with Crippen LogP contribution in [0, 0.1) is 10.1 Å². The SMILES string of the molecule is C[C@H](OC(=O)COc1ccc([N+](=O)[O-])cc1)C(=O)NC(=O)NCc1ccccc1. The van der Waals surface area contributed by atoms with Crippen molar-refractivity contribution in [3.05, 3.63) is 70.3 Å². The fraction of sp³-hybridized carbons (Fsp3) is 0.211. The number of carbonyl (C=O) groups is 3. The van der Waals surface area contributed by atoms with E-state index < -0.39 is 35.5 Å². The minimum atomic E-state index is -1.22. The van der Waals surface area contributed by atoms with E-state index in [1.54, 1.807) is 0 Å². The summed E-state index contributed by atoms with van der Waals surface area (Å²) in [4.78, 5) is 45.5. The fourth-order valence-electron chi connectivity index (χ4n) is 2.13. The normalized spacial score (nSPS) is 11.1. The molecule has 2 N–H and O–H groups in total. The number of amides is 3. The number of nitro benzene ring substituents is 1. The van der Waals surface area contributed by atoms with Crippen LogP contribution in [0.2, 0.25) is 0 Å². The van der Waals surface area contributed by atoms with E-state index >= 15 is 0 Å². The Balaban J connectivity index is 1.71. The fourth-order valence-corrected chi connectivity index (χ4v) is 2.13. The summed E-state index contributed by atoms with van der Waals surface area (Å²) >= 11 is 0. The average Bonchev–Trinajstić information content (AvgIpc) is 2.71. The first-order chi connectivity index (χ1) is 13.8. The molecule has 0 heterocycles. The minimum Gasteiger partial charge on any atom is -0.482 e. The number of hydrogen-bond acceptors (Lipinski definition) is 7. The van der Waals surface area contributed by atoms with Gasteiger partial charge >= 0.3 is 12.0 Å². The van der Waals surface area contributed by atoms with E-state index in [4.69, 9.17) is 9.47 Å². The van der Waals surface area contributed by atoms with Crippen molar-refractivity contribution in [2.75, 3.05) is 6.61 Å². The van der Waals surface area contributed by atoms with Gasteiger partial charge in [-0.2, -0.15) is 0 Å². The molecule has 0 bridgehead atoms. The molecule has 0 saturated heterocycles. The summed E-state index contributed by atoms with van der Waals surface area (Å²) in [6.07, 6.45) is -1.22. The van der Waals surface area contributed by atoms with Crippen molar-refractivity contribution in [3.8, 4) is 5.75 Å². The Hall–Kier alpha value is -3.95. The van der Waals surface area contributed by atoms with Crippen molar-refractivity contribution < 1.29 is 28.8 Å². The highest BCUT2D eigenvalue weighted by Gasteiger charge is 2.20. The molecule has 0 spiro atoms. The molecule has 3 amide bonds. The first-order valence-corrected chi connectivity index (χ1v) is 8.54. The highest BCUT2D eigenvalue weighted by Crippen LogP contribution is 2.17. The van der Waals surface area contributed by atoms with Gasteiger partial charge in [-0.1, -0.05) is 30.3 Å². The zero-order valence-electron chi connectivity index (χ0n) is 15.5. The Kier molecular flexibility index (Phi) is 7.66. The standard InChI is InChI=1S/C19H19N3O7/c1-13(18(24)21-19(25)20-11-14-5-3-2-4-6-14)29-17(23)12-28-16-9-7-15(8-10-16)22(26)27/h2-10,13H,11-12H2,1H3,(H2,20,21,24,25)/t13-/m0/s1. The number of nitrogens with zero attached hydrogens (tertiary/aromatic N) is 1. The summed E-state index contributed by atoms with van der Waals surface area (Å²) in [7, 11) is 0. The molecule has 2 aromatic rings. The number of esters is 1. The van der Waals surface area contributed by atoms with Crippen molar-refractivity contribution in [1.29, 1.82) is 0 Å². The van der Waals surface area contributed by atoms with Gasteiger partial charge in [0.15, 0.2) is 12.7 Å². The van der Waals surface area contributed by atoms with E-state index in [0.717, 1.165) is 5.56 Å². The molecule has 152 valence electrons. The lowest BCUT2D eigenvalue weighted by atomic mass is 10.2. The summed E-state index contributed by atoms with van der Waals surface area (Å²) in [6.45, 7) is 1.04. The molecular formula is C19H19N3O7. The van der Waals surface area contributed by atoms with Gasteiger partial charge in [0.2, 0.25) is 0 Å². The van der Waals surface area contributed by atoms with Crippen LogP contribution in [0.1, 0.15) is 12.5 Å². The lowest BCUT2D eigenvalue weighted by Gasteiger charge is -2.13. The molecule has 0 aromatic heterocycles. The second kappa shape index (κ2) is 10.4. The predicted molar refractivity (Wildman–Crippen MR) is 101 cm³/mol. The number of imide groups is 1. The second-order valence-electron chi connectivity index (χ2n) is 5.83. The summed E-state index contributed by atoms with van der Waals surface area (Å²) in [5.74, 6) is -1.40. The van der Waals surface area contributed by atoms with Gasteiger partial charge in [0.1, 0.15) is 5.75 Å². The molecule has 0 aliphatic heterocycles. The molecule has 0 radical (unpaired) electrons. The zero-order chi connectivity index (χ0) is 21.2. The molecule has 1 atom stereocenters. The number of urea groups is 1. The highest BCUT2D eigenvalue weighted by atomic mass is 16.6. The number of nitro groups is 1. The van der Waals surface area contributed by atoms with Crippen LogP contribution in [0.5, 0.6) is 5.75 Å². The van der Waals surface area contributed by atoms with Crippen molar-refractivity contribution in [3.63, 3.8) is 0 Å². The Bertz CT molecular complexity index is 869. The minimum absolute atomic E-state index is 0.115. The lowest BCUT2D eigenvalue weighted by Crippen LogP contribution is -2.44. The number of non-ortho nitro benzene ring substituents is 1. The molecule has 2 rings (SSSR count). The van der Waals surface area contributed by atoms with E-state index in [1.807, 2.05) is 30.3 Å². The van der Waals surface area contributed by atoms with Crippen LogP contribution in [-0.4, -0.2) is 35.5 Å². The molecule has 10 nitrogen and oxygen atoms in total. The number of rotatable bonds is 8. The molecule has 2 aromatic carbocycles. The summed E-state index contributed by atoms with van der Waals surface area (Å²) in [6, 6.07) is 13.5. The van der Waals surface area contributed by atoms with E-state index in [2.05, 4.69) is 10.6 Å². The van der Waals surface area contributed by atoms with Crippen LogP contribution in [0.3, 0.4) is 0 Å². The Morgan fingerprint density at radius 1 is 1.07 bits per heavy atom. The number of ether oxygens (including phenoxy) is 2. The van der Waals surface area contributed by atoms with Crippen molar-refractivity contribution in [2.24, 2.45) is 0 Å². The van der Waals surface area contributed by atoms with Gasteiger partial charge in [0, 0.05) is 18.7 Å². The van der Waals surface area contributed by atoms with Gasteiger partial charge in [0.05, 0.1) is 4.92 Å². The van der Waals surface area contributed by atoms with Crippen molar-refractivity contribution in [1.82, 2.24) is 10.6 Å². The van der Waals surface area contributed by atoms with E-state index in [-0.39, 0.29) is 18.0 Å². The quantitative estimate of drug-likeness (QED) is 0.392. The van der Waals surface area contributed by atoms with Crippen molar-refractivity contribution in [2.45, 2.75) is 19.6 Å². The van der Waals surface area contributed by atoms with Crippen molar-refractivity contribution >= 4 is 23.6 Å². The van der Waals surface area contributed by atoms with E-state index in [0.29, 0.717) is 0 Å². The monoisotopic (exact) mass is 401 g/mol. The lowest BCUT2D eigenvalue weighted by molar-refractivity contribution is -0.384. The molecule has 0 saturated carbocycles. The third-order valence-corrected chi connectivity index (χ3v) is 3.61. The molecule has 29 heavy (non-hydrogen) atoms. The third kappa shape index (κ3) is 7.29. The zero-order valence-corrected chi connectivity index (χ0v) is 15.5. The number of hydrogen-bond donors (Lipinski definition) is 2. The van der Waals surface area contributed by atoms with Gasteiger partial charge in [-0.25, -0.2) is 9.59 Å². The molecule has 10 heteroatoms. The molecule has 0 unspecified atom stereocenters. The van der Waals surface area contributed by atoms with Crippen LogP contribution in [0.25, 0.3) is 0 Å². The topological polar surface area (TPSA) is 137 Å². The predicted octanol–water partition coefficient (Wildman–Crippen LogP) is 1.93. The Labute approximate surface area is 166 Å². The van der Waals surface area contributed by atoms with Gasteiger partial charge in [0.25, 0.3) is 11.6 Å². The number of carbonyl (C=O) groups excluding carboxylic acids is 3. The maximum Gasteiger partial charge on any atom is 0.344 e. The van der Waals surface area contributed by atoms with Crippen LogP contribution in [0.15, 0.2) is 54.6 Å². The van der Waals surface area contributed by atoms with Crippen LogP contribution in [0.4, 0.5) is 10.5 Å².